The Kier molecular flexibility index (Phi) is 8.32. The van der Waals surface area contributed by atoms with E-state index in [1.165, 1.54) is 0 Å². The van der Waals surface area contributed by atoms with Gasteiger partial charge in [-0.3, -0.25) is 4.79 Å². The number of rotatable bonds is 7. The second-order valence-electron chi connectivity index (χ2n) is 6.62. The van der Waals surface area contributed by atoms with Crippen LogP contribution in [0.2, 0.25) is 0 Å². The number of aliphatic hydroxyl groups excluding tert-OH is 1. The van der Waals surface area contributed by atoms with Gasteiger partial charge in [0.25, 0.3) is 0 Å². The molecule has 0 fully saturated rings. The summed E-state index contributed by atoms with van der Waals surface area (Å²) in [6.07, 6.45) is -0.502. The van der Waals surface area contributed by atoms with Crippen molar-refractivity contribution in [2.45, 2.75) is 72.1 Å². The Balaban J connectivity index is 4.73. The summed E-state index contributed by atoms with van der Waals surface area (Å²) >= 11 is 0. The minimum Gasteiger partial charge on any atom is -0.444 e. The molecular formula is C15H30N2O4. The lowest BCUT2D eigenvalue weighted by Crippen LogP contribution is -2.54. The maximum atomic E-state index is 12.1. The van der Waals surface area contributed by atoms with Gasteiger partial charge < -0.3 is 20.5 Å². The van der Waals surface area contributed by atoms with E-state index in [9.17, 15) is 14.7 Å². The molecule has 0 aromatic heterocycles. The topological polar surface area (TPSA) is 87.7 Å². The van der Waals surface area contributed by atoms with Crippen LogP contribution in [0, 0.1) is 5.92 Å². The van der Waals surface area contributed by atoms with E-state index >= 15 is 0 Å². The lowest BCUT2D eigenvalue weighted by atomic mass is 10.1. The van der Waals surface area contributed by atoms with Gasteiger partial charge in [-0.2, -0.15) is 0 Å². The molecule has 124 valence electrons. The molecule has 0 radical (unpaired) electrons. The van der Waals surface area contributed by atoms with E-state index in [0.29, 0.717) is 25.3 Å². The minimum absolute atomic E-state index is 0.291. The van der Waals surface area contributed by atoms with E-state index in [-0.39, 0.29) is 0 Å². The fraction of sp³-hybridized carbons (Fsp3) is 0.867. The van der Waals surface area contributed by atoms with E-state index < -0.39 is 29.7 Å². The predicted octanol–water partition coefficient (Wildman–Crippen LogP) is 1.81. The molecule has 0 aromatic rings. The van der Waals surface area contributed by atoms with Crippen LogP contribution in [-0.4, -0.2) is 41.4 Å². The fourth-order valence-corrected chi connectivity index (χ4v) is 1.65. The van der Waals surface area contributed by atoms with Crippen molar-refractivity contribution in [3.05, 3.63) is 0 Å². The van der Waals surface area contributed by atoms with Gasteiger partial charge in [0.1, 0.15) is 11.6 Å². The Morgan fingerprint density at radius 1 is 1.24 bits per heavy atom. The van der Waals surface area contributed by atoms with E-state index in [1.807, 2.05) is 20.8 Å². The van der Waals surface area contributed by atoms with Gasteiger partial charge in [0.2, 0.25) is 5.91 Å². The van der Waals surface area contributed by atoms with Gasteiger partial charge in [-0.1, -0.05) is 27.2 Å². The van der Waals surface area contributed by atoms with E-state index in [1.54, 1.807) is 20.8 Å². The van der Waals surface area contributed by atoms with Gasteiger partial charge in [0.05, 0.1) is 6.10 Å². The Morgan fingerprint density at radius 3 is 2.24 bits per heavy atom. The first-order valence-corrected chi connectivity index (χ1v) is 7.52. The Labute approximate surface area is 127 Å². The summed E-state index contributed by atoms with van der Waals surface area (Å²) in [5, 5.41) is 15.2. The molecule has 6 nitrogen and oxygen atoms in total. The Morgan fingerprint density at radius 2 is 1.81 bits per heavy atom. The zero-order valence-electron chi connectivity index (χ0n) is 14.0. The average molecular weight is 302 g/mol. The van der Waals surface area contributed by atoms with Gasteiger partial charge in [-0.05, 0) is 33.1 Å². The number of ether oxygens (including phenoxy) is 1. The van der Waals surface area contributed by atoms with Gasteiger partial charge in [-0.15, -0.1) is 0 Å². The number of carbonyl (C=O) groups excluding carboxylic acids is 2. The summed E-state index contributed by atoms with van der Waals surface area (Å²) in [5.74, 6) is -0.102. The number of nitrogens with one attached hydrogen (secondary N) is 2. The summed E-state index contributed by atoms with van der Waals surface area (Å²) < 4.78 is 5.13. The summed E-state index contributed by atoms with van der Waals surface area (Å²) in [5.41, 5.74) is -0.654. The first-order chi connectivity index (χ1) is 9.56. The van der Waals surface area contributed by atoms with Gasteiger partial charge >= 0.3 is 6.09 Å². The number of carbonyl (C=O) groups is 2. The first kappa shape index (κ1) is 19.7. The molecule has 0 heterocycles. The first-order valence-electron chi connectivity index (χ1n) is 7.52. The molecule has 0 aliphatic heterocycles. The molecule has 0 saturated carbocycles. The summed E-state index contributed by atoms with van der Waals surface area (Å²) in [6.45, 7) is 11.6. The molecule has 0 saturated heterocycles. The molecule has 0 unspecified atom stereocenters. The molecule has 0 bridgehead atoms. The number of hydrogen-bond acceptors (Lipinski definition) is 4. The SMILES string of the molecule is CCC[C@@H](O)[C@H](NC(=O)OC(C)(C)C)C(=O)NCC(C)C. The zero-order chi connectivity index (χ0) is 16.6. The molecule has 0 spiro atoms. The van der Waals surface area contributed by atoms with E-state index in [2.05, 4.69) is 10.6 Å². The molecule has 3 N–H and O–H groups in total. The van der Waals surface area contributed by atoms with Crippen molar-refractivity contribution in [3.8, 4) is 0 Å². The molecular weight excluding hydrogens is 272 g/mol. The smallest absolute Gasteiger partial charge is 0.408 e. The van der Waals surface area contributed by atoms with Gasteiger partial charge in [0, 0.05) is 6.54 Å². The Hall–Kier alpha value is -1.30. The number of hydrogen-bond donors (Lipinski definition) is 3. The molecule has 0 aliphatic rings. The van der Waals surface area contributed by atoms with Crippen LogP contribution in [-0.2, 0) is 9.53 Å². The van der Waals surface area contributed by atoms with E-state index in [4.69, 9.17) is 4.74 Å². The fourth-order valence-electron chi connectivity index (χ4n) is 1.65. The van der Waals surface area contributed by atoms with Crippen LogP contribution < -0.4 is 10.6 Å². The number of aliphatic hydroxyl groups is 1. The van der Waals surface area contributed by atoms with Gasteiger partial charge in [-0.25, -0.2) is 4.79 Å². The highest BCUT2D eigenvalue weighted by Gasteiger charge is 2.29. The van der Waals surface area contributed by atoms with Crippen LogP contribution in [0.5, 0.6) is 0 Å². The summed E-state index contributed by atoms with van der Waals surface area (Å²) in [7, 11) is 0. The Bertz CT molecular complexity index is 337. The average Bonchev–Trinajstić information content (AvgIpc) is 2.31. The lowest BCUT2D eigenvalue weighted by molar-refractivity contribution is -0.126. The third-order valence-electron chi connectivity index (χ3n) is 2.61. The van der Waals surface area contributed by atoms with Crippen molar-refractivity contribution in [3.63, 3.8) is 0 Å². The largest absolute Gasteiger partial charge is 0.444 e. The third-order valence-corrected chi connectivity index (χ3v) is 2.61. The maximum absolute atomic E-state index is 12.1. The van der Waals surface area contributed by atoms with Crippen LogP contribution in [0.15, 0.2) is 0 Å². The van der Waals surface area contributed by atoms with Crippen molar-refractivity contribution in [1.29, 1.82) is 0 Å². The lowest BCUT2D eigenvalue weighted by Gasteiger charge is -2.26. The molecule has 0 rings (SSSR count). The predicted molar refractivity (Wildman–Crippen MR) is 81.9 cm³/mol. The zero-order valence-corrected chi connectivity index (χ0v) is 14.0. The highest BCUT2D eigenvalue weighted by molar-refractivity contribution is 5.86. The van der Waals surface area contributed by atoms with E-state index in [0.717, 1.165) is 0 Å². The highest BCUT2D eigenvalue weighted by atomic mass is 16.6. The second-order valence-corrected chi connectivity index (χ2v) is 6.62. The second kappa shape index (κ2) is 8.87. The monoisotopic (exact) mass is 302 g/mol. The van der Waals surface area contributed by atoms with Crippen LogP contribution in [0.25, 0.3) is 0 Å². The highest BCUT2D eigenvalue weighted by Crippen LogP contribution is 2.09. The van der Waals surface area contributed by atoms with Crippen molar-refractivity contribution in [2.75, 3.05) is 6.54 Å². The molecule has 2 atom stereocenters. The maximum Gasteiger partial charge on any atom is 0.408 e. The van der Waals surface area contributed by atoms with Crippen LogP contribution in [0.4, 0.5) is 4.79 Å². The number of amides is 2. The molecule has 6 heteroatoms. The molecule has 21 heavy (non-hydrogen) atoms. The summed E-state index contributed by atoms with van der Waals surface area (Å²) in [6, 6.07) is -1.00. The van der Waals surface area contributed by atoms with Crippen molar-refractivity contribution in [1.82, 2.24) is 10.6 Å². The molecule has 0 aromatic carbocycles. The van der Waals surface area contributed by atoms with Crippen molar-refractivity contribution < 1.29 is 19.4 Å². The van der Waals surface area contributed by atoms with Gasteiger partial charge in [0.15, 0.2) is 0 Å². The third kappa shape index (κ3) is 9.28. The van der Waals surface area contributed by atoms with Crippen molar-refractivity contribution in [2.24, 2.45) is 5.92 Å². The summed E-state index contributed by atoms with van der Waals surface area (Å²) in [4.78, 5) is 23.9. The molecule has 2 amide bonds. The van der Waals surface area contributed by atoms with Crippen LogP contribution >= 0.6 is 0 Å². The van der Waals surface area contributed by atoms with Crippen LogP contribution in [0.1, 0.15) is 54.4 Å². The quantitative estimate of drug-likeness (QED) is 0.669. The molecule has 0 aliphatic carbocycles. The normalized spacial score (nSPS) is 14.5. The standard InChI is InChI=1S/C15H30N2O4/c1-7-8-11(18)12(13(19)16-9-10(2)3)17-14(20)21-15(4,5)6/h10-12,18H,7-9H2,1-6H3,(H,16,19)(H,17,20)/t11-,12+/m1/s1. The van der Waals surface area contributed by atoms with Crippen molar-refractivity contribution >= 4 is 12.0 Å². The minimum atomic E-state index is -1.00. The number of alkyl carbamates (subject to hydrolysis) is 1. The van der Waals surface area contributed by atoms with Crippen LogP contribution in [0.3, 0.4) is 0 Å².